The molecular formula is C28H27N3O3. The summed E-state index contributed by atoms with van der Waals surface area (Å²) in [5.74, 6) is 2.60. The number of hydrogen-bond donors (Lipinski definition) is 0. The Labute approximate surface area is 199 Å². The van der Waals surface area contributed by atoms with Crippen LogP contribution in [0.5, 0.6) is 17.2 Å². The van der Waals surface area contributed by atoms with Crippen molar-refractivity contribution in [1.82, 2.24) is 9.91 Å². The number of piperidine rings is 1. The molecule has 4 aliphatic heterocycles. The maximum Gasteiger partial charge on any atom is 0.231 e. The van der Waals surface area contributed by atoms with E-state index in [4.69, 9.17) is 19.3 Å². The van der Waals surface area contributed by atoms with Crippen molar-refractivity contribution in [3.63, 3.8) is 0 Å². The standard InChI is InChI=1S/C28H27N3O3/c1-2-6-20(7-3-1)18-30-14-12-28(13-15-30)31-24(22-8-4-5-9-25(22)34-28)17-23(29-31)21-10-11-26-27(16-21)33-19-32-26/h1-11,16,24H,12-15,17-19H2/t24-/m0/s1. The van der Waals surface area contributed by atoms with Crippen LogP contribution in [0.1, 0.15) is 42.0 Å². The van der Waals surface area contributed by atoms with Crippen LogP contribution in [0.3, 0.4) is 0 Å². The summed E-state index contributed by atoms with van der Waals surface area (Å²) in [5, 5.41) is 7.47. The van der Waals surface area contributed by atoms with E-state index in [1.165, 1.54) is 11.1 Å². The van der Waals surface area contributed by atoms with Crippen LogP contribution >= 0.6 is 0 Å². The Kier molecular flexibility index (Phi) is 4.55. The van der Waals surface area contributed by atoms with Gasteiger partial charge in [-0.2, -0.15) is 5.10 Å². The van der Waals surface area contributed by atoms with E-state index >= 15 is 0 Å². The van der Waals surface area contributed by atoms with Gasteiger partial charge >= 0.3 is 0 Å². The Morgan fingerprint density at radius 2 is 1.65 bits per heavy atom. The van der Waals surface area contributed by atoms with Crippen LogP contribution in [-0.2, 0) is 6.54 Å². The molecule has 1 atom stereocenters. The molecule has 3 aromatic rings. The molecule has 7 rings (SSSR count). The molecule has 3 aromatic carbocycles. The van der Waals surface area contributed by atoms with Gasteiger partial charge in [0.25, 0.3) is 0 Å². The highest BCUT2D eigenvalue weighted by atomic mass is 16.7. The monoisotopic (exact) mass is 453 g/mol. The molecule has 4 heterocycles. The van der Waals surface area contributed by atoms with Crippen LogP contribution in [0.15, 0.2) is 77.9 Å². The topological polar surface area (TPSA) is 46.5 Å². The van der Waals surface area contributed by atoms with E-state index in [-0.39, 0.29) is 12.8 Å². The van der Waals surface area contributed by atoms with Gasteiger partial charge in [0, 0.05) is 50.0 Å². The minimum atomic E-state index is -0.412. The highest BCUT2D eigenvalue weighted by Crippen LogP contribution is 2.50. The number of rotatable bonds is 3. The Balaban J connectivity index is 1.19. The molecule has 0 saturated carbocycles. The zero-order chi connectivity index (χ0) is 22.5. The predicted octanol–water partition coefficient (Wildman–Crippen LogP) is 4.95. The lowest BCUT2D eigenvalue weighted by molar-refractivity contribution is -0.150. The molecule has 0 amide bonds. The number of para-hydroxylation sites is 1. The van der Waals surface area contributed by atoms with Gasteiger partial charge in [-0.1, -0.05) is 48.5 Å². The largest absolute Gasteiger partial charge is 0.466 e. The maximum absolute atomic E-state index is 6.78. The third-order valence-electron chi connectivity index (χ3n) is 7.50. The van der Waals surface area contributed by atoms with Gasteiger partial charge in [0.1, 0.15) is 5.75 Å². The van der Waals surface area contributed by atoms with E-state index in [1.54, 1.807) is 0 Å². The Bertz CT molecular complexity index is 1250. The maximum atomic E-state index is 6.78. The first-order chi connectivity index (χ1) is 16.8. The summed E-state index contributed by atoms with van der Waals surface area (Å²) in [6.07, 6.45) is 2.70. The van der Waals surface area contributed by atoms with Crippen molar-refractivity contribution in [1.29, 1.82) is 0 Å². The molecule has 6 heteroatoms. The van der Waals surface area contributed by atoms with Crippen LogP contribution < -0.4 is 14.2 Å². The van der Waals surface area contributed by atoms with Crippen LogP contribution in [0, 0.1) is 0 Å². The molecule has 1 saturated heterocycles. The van der Waals surface area contributed by atoms with Crippen LogP contribution in [0.2, 0.25) is 0 Å². The van der Waals surface area contributed by atoms with E-state index in [0.29, 0.717) is 0 Å². The average Bonchev–Trinajstić information content (AvgIpc) is 3.54. The van der Waals surface area contributed by atoms with Crippen molar-refractivity contribution in [3.05, 3.63) is 89.5 Å². The third-order valence-corrected chi connectivity index (χ3v) is 7.50. The first-order valence-electron chi connectivity index (χ1n) is 12.1. The molecule has 4 aliphatic rings. The van der Waals surface area contributed by atoms with Crippen molar-refractivity contribution >= 4 is 5.71 Å². The molecule has 1 fully saturated rings. The molecule has 172 valence electrons. The normalized spacial score (nSPS) is 22.2. The zero-order valence-electron chi connectivity index (χ0n) is 19.0. The summed E-state index contributed by atoms with van der Waals surface area (Å²) < 4.78 is 17.9. The SMILES string of the molecule is c1ccc(CN2CCC3(CC2)Oc2ccccc2[C@@H]2CC(c4ccc5c(c4)OCO5)=NN23)cc1. The lowest BCUT2D eigenvalue weighted by Crippen LogP contribution is -2.59. The molecule has 0 unspecified atom stereocenters. The minimum Gasteiger partial charge on any atom is -0.466 e. The van der Waals surface area contributed by atoms with Crippen molar-refractivity contribution in [2.75, 3.05) is 19.9 Å². The van der Waals surface area contributed by atoms with E-state index < -0.39 is 5.72 Å². The van der Waals surface area contributed by atoms with Gasteiger partial charge < -0.3 is 14.2 Å². The fourth-order valence-electron chi connectivity index (χ4n) is 5.71. The van der Waals surface area contributed by atoms with Crippen molar-refractivity contribution < 1.29 is 14.2 Å². The molecule has 1 spiro atoms. The molecular weight excluding hydrogens is 426 g/mol. The van der Waals surface area contributed by atoms with E-state index in [0.717, 1.165) is 67.4 Å². The van der Waals surface area contributed by atoms with Crippen LogP contribution in [0.4, 0.5) is 0 Å². The van der Waals surface area contributed by atoms with Crippen molar-refractivity contribution in [3.8, 4) is 17.2 Å². The predicted molar refractivity (Wildman–Crippen MR) is 129 cm³/mol. The fourth-order valence-corrected chi connectivity index (χ4v) is 5.71. The first-order valence-corrected chi connectivity index (χ1v) is 12.1. The second kappa shape index (κ2) is 7.77. The molecule has 0 aliphatic carbocycles. The van der Waals surface area contributed by atoms with E-state index in [2.05, 4.69) is 76.6 Å². The molecule has 6 nitrogen and oxygen atoms in total. The highest BCUT2D eigenvalue weighted by molar-refractivity contribution is 6.02. The highest BCUT2D eigenvalue weighted by Gasteiger charge is 2.51. The van der Waals surface area contributed by atoms with Gasteiger partial charge in [0.2, 0.25) is 12.5 Å². The van der Waals surface area contributed by atoms with Gasteiger partial charge in [0.15, 0.2) is 11.5 Å². The zero-order valence-corrected chi connectivity index (χ0v) is 19.0. The fraction of sp³-hybridized carbons (Fsp3) is 0.321. The van der Waals surface area contributed by atoms with E-state index in [1.807, 2.05) is 6.07 Å². The smallest absolute Gasteiger partial charge is 0.231 e. The average molecular weight is 454 g/mol. The van der Waals surface area contributed by atoms with Gasteiger partial charge in [0.05, 0.1) is 11.8 Å². The number of nitrogens with zero attached hydrogens (tertiary/aromatic N) is 3. The number of hydrazone groups is 1. The van der Waals surface area contributed by atoms with Crippen molar-refractivity contribution in [2.45, 2.75) is 37.6 Å². The van der Waals surface area contributed by atoms with Gasteiger partial charge in [-0.3, -0.25) is 4.90 Å². The van der Waals surface area contributed by atoms with Gasteiger partial charge in [-0.15, -0.1) is 0 Å². The summed E-state index contributed by atoms with van der Waals surface area (Å²) in [5.41, 5.74) is 4.34. The lowest BCUT2D eigenvalue weighted by atomic mass is 9.90. The summed E-state index contributed by atoms with van der Waals surface area (Å²) in [6, 6.07) is 25.5. The molecule has 0 aromatic heterocycles. The second-order valence-corrected chi connectivity index (χ2v) is 9.53. The first kappa shape index (κ1) is 19.9. The number of benzene rings is 3. The molecule has 34 heavy (non-hydrogen) atoms. The Morgan fingerprint density at radius 1 is 0.853 bits per heavy atom. The van der Waals surface area contributed by atoms with Crippen LogP contribution in [-0.4, -0.2) is 41.2 Å². The summed E-state index contributed by atoms with van der Waals surface area (Å²) in [6.45, 7) is 3.22. The number of ether oxygens (including phenoxy) is 3. The van der Waals surface area contributed by atoms with E-state index in [9.17, 15) is 0 Å². The second-order valence-electron chi connectivity index (χ2n) is 9.53. The van der Waals surface area contributed by atoms with Gasteiger partial charge in [-0.05, 0) is 29.8 Å². The van der Waals surface area contributed by atoms with Crippen molar-refractivity contribution in [2.24, 2.45) is 5.10 Å². The van der Waals surface area contributed by atoms with Crippen LogP contribution in [0.25, 0.3) is 0 Å². The summed E-state index contributed by atoms with van der Waals surface area (Å²) >= 11 is 0. The summed E-state index contributed by atoms with van der Waals surface area (Å²) in [7, 11) is 0. The lowest BCUT2D eigenvalue weighted by Gasteiger charge is -2.51. The molecule has 0 bridgehead atoms. The number of hydrogen-bond acceptors (Lipinski definition) is 6. The number of fused-ring (bicyclic) bond motifs is 5. The molecule has 0 radical (unpaired) electrons. The third kappa shape index (κ3) is 3.24. The van der Waals surface area contributed by atoms with Gasteiger partial charge in [-0.25, -0.2) is 5.01 Å². The molecule has 0 N–H and O–H groups in total. The summed E-state index contributed by atoms with van der Waals surface area (Å²) in [4.78, 5) is 2.53. The minimum absolute atomic E-state index is 0.186. The Hall–Kier alpha value is -3.51. The quantitative estimate of drug-likeness (QED) is 0.562. The number of likely N-dealkylation sites (tertiary alicyclic amines) is 1. The Morgan fingerprint density at radius 3 is 2.53 bits per heavy atom.